The maximum Gasteiger partial charge on any atom is 0.293 e. The molecule has 1 saturated heterocycles. The second-order valence-electron chi connectivity index (χ2n) is 6.28. The van der Waals surface area contributed by atoms with Crippen molar-refractivity contribution in [2.45, 2.75) is 25.7 Å². The lowest BCUT2D eigenvalue weighted by atomic mass is 10.1. The Morgan fingerprint density at radius 1 is 1.23 bits per heavy atom. The molecule has 1 aromatic carbocycles. The summed E-state index contributed by atoms with van der Waals surface area (Å²) in [4.78, 5) is 38.0. The Labute approximate surface area is 166 Å². The van der Waals surface area contributed by atoms with Crippen LogP contribution in [0, 0.1) is 5.92 Å². The summed E-state index contributed by atoms with van der Waals surface area (Å²) < 4.78 is 0. The van der Waals surface area contributed by atoms with E-state index in [4.69, 9.17) is 23.2 Å². The fourth-order valence-electron chi connectivity index (χ4n) is 3.07. The molecule has 1 aliphatic carbocycles. The van der Waals surface area contributed by atoms with Crippen molar-refractivity contribution in [3.63, 3.8) is 0 Å². The Morgan fingerprint density at radius 2 is 1.96 bits per heavy atom. The summed E-state index contributed by atoms with van der Waals surface area (Å²) in [5.41, 5.74) is 0.694. The normalized spacial score (nSPS) is 19.6. The smallest absolute Gasteiger partial charge is 0.293 e. The molecule has 1 aliphatic heterocycles. The lowest BCUT2D eigenvalue weighted by Gasteiger charge is -2.14. The predicted octanol–water partition coefficient (Wildman–Crippen LogP) is 4.34. The third-order valence-electron chi connectivity index (χ3n) is 4.48. The van der Waals surface area contributed by atoms with Gasteiger partial charge in [0, 0.05) is 19.0 Å². The fourth-order valence-corrected chi connectivity index (χ4v) is 4.24. The predicted molar refractivity (Wildman–Crippen MR) is 104 cm³/mol. The van der Waals surface area contributed by atoms with E-state index in [0.717, 1.165) is 42.3 Å². The average molecular weight is 413 g/mol. The van der Waals surface area contributed by atoms with Crippen LogP contribution in [0.3, 0.4) is 0 Å². The molecule has 26 heavy (non-hydrogen) atoms. The van der Waals surface area contributed by atoms with Crippen molar-refractivity contribution >= 4 is 58.1 Å². The van der Waals surface area contributed by atoms with E-state index in [1.807, 2.05) is 0 Å². The van der Waals surface area contributed by atoms with E-state index >= 15 is 0 Å². The van der Waals surface area contributed by atoms with Crippen LogP contribution in [0.2, 0.25) is 10.0 Å². The van der Waals surface area contributed by atoms with E-state index in [1.165, 1.54) is 0 Å². The summed E-state index contributed by atoms with van der Waals surface area (Å²) in [6.07, 6.45) is 5.62. The van der Waals surface area contributed by atoms with Gasteiger partial charge in [-0.05, 0) is 48.4 Å². The van der Waals surface area contributed by atoms with Gasteiger partial charge >= 0.3 is 0 Å². The molecule has 1 aromatic rings. The molecule has 0 radical (unpaired) electrons. The number of hydrogen-bond donors (Lipinski definition) is 1. The number of nitrogens with zero attached hydrogens (tertiary/aromatic N) is 1. The lowest BCUT2D eigenvalue weighted by Crippen LogP contribution is -2.39. The minimum Gasteiger partial charge on any atom is -0.354 e. The number of nitrogens with one attached hydrogen (secondary N) is 1. The first-order valence-electron chi connectivity index (χ1n) is 8.44. The zero-order valence-corrected chi connectivity index (χ0v) is 16.3. The van der Waals surface area contributed by atoms with Crippen molar-refractivity contribution in [3.05, 3.63) is 38.7 Å². The minimum absolute atomic E-state index is 0.0146. The highest BCUT2D eigenvalue weighted by atomic mass is 35.5. The summed E-state index contributed by atoms with van der Waals surface area (Å²) in [5, 5.41) is 3.30. The van der Waals surface area contributed by atoms with Gasteiger partial charge in [0.15, 0.2) is 0 Å². The first-order chi connectivity index (χ1) is 12.5. The molecular formula is C18H18Cl2N2O3S. The monoisotopic (exact) mass is 412 g/mol. The molecule has 0 spiro atoms. The highest BCUT2D eigenvalue weighted by molar-refractivity contribution is 8.18. The van der Waals surface area contributed by atoms with Crippen molar-refractivity contribution in [1.29, 1.82) is 0 Å². The van der Waals surface area contributed by atoms with Gasteiger partial charge in [0.25, 0.3) is 11.1 Å². The number of amides is 3. The van der Waals surface area contributed by atoms with E-state index < -0.39 is 0 Å². The van der Waals surface area contributed by atoms with Crippen molar-refractivity contribution in [2.24, 2.45) is 5.92 Å². The van der Waals surface area contributed by atoms with Crippen LogP contribution in [0.5, 0.6) is 0 Å². The fraction of sp³-hybridized carbons (Fsp3) is 0.389. The first kappa shape index (κ1) is 19.3. The van der Waals surface area contributed by atoms with Gasteiger partial charge in [-0.1, -0.05) is 42.1 Å². The molecule has 138 valence electrons. The van der Waals surface area contributed by atoms with Gasteiger partial charge in [0.1, 0.15) is 0 Å². The molecule has 8 heteroatoms. The average Bonchev–Trinajstić information content (AvgIpc) is 3.22. The summed E-state index contributed by atoms with van der Waals surface area (Å²) in [5.74, 6) is -0.276. The Balaban J connectivity index is 1.58. The van der Waals surface area contributed by atoms with Crippen LogP contribution in [0.25, 0.3) is 6.08 Å². The van der Waals surface area contributed by atoms with Crippen molar-refractivity contribution in [1.82, 2.24) is 10.2 Å². The summed E-state index contributed by atoms with van der Waals surface area (Å²) in [6, 6.07) is 5.00. The number of halogens is 2. The highest BCUT2D eigenvalue weighted by Crippen LogP contribution is 2.33. The second kappa shape index (κ2) is 8.46. The molecule has 2 fully saturated rings. The van der Waals surface area contributed by atoms with Crippen LogP contribution in [0.1, 0.15) is 31.2 Å². The molecule has 0 bridgehead atoms. The number of carbonyl (C=O) groups is 3. The zero-order valence-electron chi connectivity index (χ0n) is 14.0. The molecule has 1 heterocycles. The van der Waals surface area contributed by atoms with Crippen molar-refractivity contribution in [3.8, 4) is 0 Å². The summed E-state index contributed by atoms with van der Waals surface area (Å²) in [7, 11) is 0. The van der Waals surface area contributed by atoms with E-state index in [1.54, 1.807) is 24.3 Å². The number of hydrogen-bond acceptors (Lipinski definition) is 4. The van der Waals surface area contributed by atoms with Gasteiger partial charge < -0.3 is 5.32 Å². The topological polar surface area (TPSA) is 66.5 Å². The van der Waals surface area contributed by atoms with E-state index in [2.05, 4.69) is 5.32 Å². The van der Waals surface area contributed by atoms with Crippen LogP contribution in [-0.4, -0.2) is 35.0 Å². The molecule has 2 aliphatic rings. The van der Waals surface area contributed by atoms with Crippen LogP contribution >= 0.6 is 35.0 Å². The SMILES string of the molecule is O=C(NCCN1C(=O)S/C(=C\c2ccc(Cl)c(Cl)c2)C1=O)C1CCCC1. The molecule has 0 aromatic heterocycles. The number of carbonyl (C=O) groups excluding carboxylic acids is 3. The Hall–Kier alpha value is -1.50. The lowest BCUT2D eigenvalue weighted by molar-refractivity contribution is -0.126. The maximum absolute atomic E-state index is 12.4. The quantitative estimate of drug-likeness (QED) is 0.730. The van der Waals surface area contributed by atoms with Crippen LogP contribution < -0.4 is 5.32 Å². The van der Waals surface area contributed by atoms with Gasteiger partial charge in [-0.2, -0.15) is 0 Å². The molecule has 3 amide bonds. The molecule has 1 N–H and O–H groups in total. The zero-order chi connectivity index (χ0) is 18.7. The molecule has 5 nitrogen and oxygen atoms in total. The highest BCUT2D eigenvalue weighted by Gasteiger charge is 2.34. The second-order valence-corrected chi connectivity index (χ2v) is 8.09. The third-order valence-corrected chi connectivity index (χ3v) is 6.12. The minimum atomic E-state index is -0.360. The number of rotatable bonds is 5. The van der Waals surface area contributed by atoms with Crippen molar-refractivity contribution < 1.29 is 14.4 Å². The van der Waals surface area contributed by atoms with E-state index in [9.17, 15) is 14.4 Å². The first-order valence-corrected chi connectivity index (χ1v) is 10.0. The van der Waals surface area contributed by atoms with Gasteiger partial charge in [-0.3, -0.25) is 19.3 Å². The Kier molecular flexibility index (Phi) is 6.27. The molecule has 0 atom stereocenters. The van der Waals surface area contributed by atoms with Crippen LogP contribution in [0.4, 0.5) is 4.79 Å². The maximum atomic E-state index is 12.4. The standard InChI is InChI=1S/C18H18Cl2N2O3S/c19-13-6-5-11(9-14(13)20)10-15-17(24)22(18(25)26-15)8-7-21-16(23)12-3-1-2-4-12/h5-6,9-10,12H,1-4,7-8H2,(H,21,23)/b15-10-. The van der Waals surface area contributed by atoms with Gasteiger partial charge in [0.05, 0.1) is 15.0 Å². The van der Waals surface area contributed by atoms with Crippen molar-refractivity contribution in [2.75, 3.05) is 13.1 Å². The van der Waals surface area contributed by atoms with E-state index in [0.29, 0.717) is 20.5 Å². The third kappa shape index (κ3) is 4.42. The van der Waals surface area contributed by atoms with Gasteiger partial charge in [0.2, 0.25) is 5.91 Å². The number of thioether (sulfide) groups is 1. The Morgan fingerprint density at radius 3 is 2.65 bits per heavy atom. The molecule has 3 rings (SSSR count). The largest absolute Gasteiger partial charge is 0.354 e. The molecular weight excluding hydrogens is 395 g/mol. The molecule has 1 saturated carbocycles. The molecule has 0 unspecified atom stereocenters. The van der Waals surface area contributed by atoms with Gasteiger partial charge in [-0.15, -0.1) is 0 Å². The number of benzene rings is 1. The van der Waals surface area contributed by atoms with Gasteiger partial charge in [-0.25, -0.2) is 0 Å². The van der Waals surface area contributed by atoms with Crippen LogP contribution in [0.15, 0.2) is 23.1 Å². The Bertz CT molecular complexity index is 776. The van der Waals surface area contributed by atoms with Crippen LogP contribution in [-0.2, 0) is 9.59 Å². The van der Waals surface area contributed by atoms with E-state index in [-0.39, 0.29) is 36.1 Å². The number of imide groups is 1. The summed E-state index contributed by atoms with van der Waals surface area (Å²) >= 11 is 12.7. The summed E-state index contributed by atoms with van der Waals surface area (Å²) in [6.45, 7) is 0.440.